The van der Waals surface area contributed by atoms with Crippen LogP contribution < -0.4 is 10.6 Å². The Morgan fingerprint density at radius 2 is 2.07 bits per heavy atom. The molecule has 0 amide bonds. The van der Waals surface area contributed by atoms with Gasteiger partial charge in [0, 0.05) is 26.3 Å². The SMILES string of the molecule is CCOCCCNC(=S)NCC(C)C. The van der Waals surface area contributed by atoms with Crippen LogP contribution in [0.3, 0.4) is 0 Å². The third-order valence-corrected chi connectivity index (χ3v) is 1.91. The lowest BCUT2D eigenvalue weighted by Crippen LogP contribution is -2.37. The molecule has 0 fully saturated rings. The highest BCUT2D eigenvalue weighted by Crippen LogP contribution is 1.86. The predicted molar refractivity (Wildman–Crippen MR) is 64.6 cm³/mol. The average molecular weight is 218 g/mol. The largest absolute Gasteiger partial charge is 0.382 e. The van der Waals surface area contributed by atoms with Gasteiger partial charge in [-0.2, -0.15) is 0 Å². The van der Waals surface area contributed by atoms with Crippen LogP contribution in [0, 0.1) is 5.92 Å². The molecule has 3 nitrogen and oxygen atoms in total. The van der Waals surface area contributed by atoms with Crippen molar-refractivity contribution in [3.8, 4) is 0 Å². The van der Waals surface area contributed by atoms with Gasteiger partial charge in [-0.1, -0.05) is 13.8 Å². The fourth-order valence-electron chi connectivity index (χ4n) is 0.880. The highest BCUT2D eigenvalue weighted by molar-refractivity contribution is 7.80. The first kappa shape index (κ1) is 13.7. The third kappa shape index (κ3) is 9.74. The molecule has 0 aromatic heterocycles. The zero-order valence-electron chi connectivity index (χ0n) is 9.43. The summed E-state index contributed by atoms with van der Waals surface area (Å²) in [7, 11) is 0. The summed E-state index contributed by atoms with van der Waals surface area (Å²) in [5.74, 6) is 0.623. The maximum Gasteiger partial charge on any atom is 0.166 e. The van der Waals surface area contributed by atoms with Crippen LogP contribution in [0.15, 0.2) is 0 Å². The second-order valence-corrected chi connectivity index (χ2v) is 3.99. The molecule has 0 radical (unpaired) electrons. The monoisotopic (exact) mass is 218 g/mol. The lowest BCUT2D eigenvalue weighted by molar-refractivity contribution is 0.145. The number of rotatable bonds is 7. The van der Waals surface area contributed by atoms with Crippen molar-refractivity contribution in [2.45, 2.75) is 27.2 Å². The lowest BCUT2D eigenvalue weighted by Gasteiger charge is -2.11. The molecule has 14 heavy (non-hydrogen) atoms. The van der Waals surface area contributed by atoms with Gasteiger partial charge in [-0.25, -0.2) is 0 Å². The molecule has 0 bridgehead atoms. The van der Waals surface area contributed by atoms with E-state index in [1.807, 2.05) is 6.92 Å². The number of nitrogens with one attached hydrogen (secondary N) is 2. The Bertz CT molecular complexity index is 151. The maximum atomic E-state index is 5.21. The van der Waals surface area contributed by atoms with E-state index in [-0.39, 0.29) is 0 Å². The van der Waals surface area contributed by atoms with Crippen LogP contribution >= 0.6 is 12.2 Å². The van der Waals surface area contributed by atoms with E-state index in [1.165, 1.54) is 0 Å². The van der Waals surface area contributed by atoms with Crippen LogP contribution in [-0.4, -0.2) is 31.4 Å². The summed E-state index contributed by atoms with van der Waals surface area (Å²) in [6.07, 6.45) is 0.997. The van der Waals surface area contributed by atoms with Crippen molar-refractivity contribution in [1.29, 1.82) is 0 Å². The van der Waals surface area contributed by atoms with Crippen LogP contribution in [0.5, 0.6) is 0 Å². The van der Waals surface area contributed by atoms with Gasteiger partial charge >= 0.3 is 0 Å². The minimum Gasteiger partial charge on any atom is -0.382 e. The molecule has 4 heteroatoms. The van der Waals surface area contributed by atoms with E-state index in [0.29, 0.717) is 5.92 Å². The van der Waals surface area contributed by atoms with Crippen molar-refractivity contribution in [2.24, 2.45) is 5.92 Å². The van der Waals surface area contributed by atoms with Crippen LogP contribution in [-0.2, 0) is 4.74 Å². The van der Waals surface area contributed by atoms with Gasteiger partial charge in [0.05, 0.1) is 0 Å². The second-order valence-electron chi connectivity index (χ2n) is 3.58. The highest BCUT2D eigenvalue weighted by Gasteiger charge is 1.96. The van der Waals surface area contributed by atoms with E-state index in [4.69, 9.17) is 17.0 Å². The van der Waals surface area contributed by atoms with Crippen molar-refractivity contribution >= 4 is 17.3 Å². The summed E-state index contributed by atoms with van der Waals surface area (Å²) < 4.78 is 5.21. The molecule has 0 unspecified atom stereocenters. The summed E-state index contributed by atoms with van der Waals surface area (Å²) in [6, 6.07) is 0. The zero-order chi connectivity index (χ0) is 10.8. The van der Waals surface area contributed by atoms with Gasteiger partial charge in [0.25, 0.3) is 0 Å². The van der Waals surface area contributed by atoms with E-state index in [2.05, 4.69) is 24.5 Å². The molecular weight excluding hydrogens is 196 g/mol. The van der Waals surface area contributed by atoms with Crippen LogP contribution in [0.25, 0.3) is 0 Å². The first-order valence-electron chi connectivity index (χ1n) is 5.26. The molecule has 0 spiro atoms. The summed E-state index contributed by atoms with van der Waals surface area (Å²) in [5, 5.41) is 7.04. The van der Waals surface area contributed by atoms with Crippen LogP contribution in [0.4, 0.5) is 0 Å². The summed E-state index contributed by atoms with van der Waals surface area (Å²) in [6.45, 7) is 9.71. The van der Waals surface area contributed by atoms with E-state index in [0.717, 1.165) is 37.8 Å². The summed E-state index contributed by atoms with van der Waals surface area (Å²) in [4.78, 5) is 0. The van der Waals surface area contributed by atoms with Crippen molar-refractivity contribution in [3.05, 3.63) is 0 Å². The molecule has 0 aliphatic heterocycles. The molecule has 0 aliphatic rings. The molecule has 0 atom stereocenters. The minimum atomic E-state index is 0.623. The third-order valence-electron chi connectivity index (χ3n) is 1.63. The molecule has 0 saturated carbocycles. The van der Waals surface area contributed by atoms with Gasteiger partial charge in [0.15, 0.2) is 5.11 Å². The second kappa shape index (κ2) is 9.21. The molecule has 0 aromatic carbocycles. The molecule has 0 aromatic rings. The fourth-order valence-corrected chi connectivity index (χ4v) is 1.07. The van der Waals surface area contributed by atoms with Crippen molar-refractivity contribution in [1.82, 2.24) is 10.6 Å². The Hall–Kier alpha value is -0.350. The number of hydrogen-bond donors (Lipinski definition) is 2. The molecule has 0 saturated heterocycles. The smallest absolute Gasteiger partial charge is 0.166 e. The minimum absolute atomic E-state index is 0.623. The van der Waals surface area contributed by atoms with Crippen molar-refractivity contribution in [2.75, 3.05) is 26.3 Å². The van der Waals surface area contributed by atoms with E-state index < -0.39 is 0 Å². The van der Waals surface area contributed by atoms with E-state index in [9.17, 15) is 0 Å². The van der Waals surface area contributed by atoms with Crippen LogP contribution in [0.2, 0.25) is 0 Å². The standard InChI is InChI=1S/C10H22N2OS/c1-4-13-7-5-6-11-10(14)12-8-9(2)3/h9H,4-8H2,1-3H3,(H2,11,12,14). The number of ether oxygens (including phenoxy) is 1. The fraction of sp³-hybridized carbons (Fsp3) is 0.900. The topological polar surface area (TPSA) is 33.3 Å². The molecular formula is C10H22N2OS. The zero-order valence-corrected chi connectivity index (χ0v) is 10.2. The average Bonchev–Trinajstić information content (AvgIpc) is 2.14. The maximum absolute atomic E-state index is 5.21. The van der Waals surface area contributed by atoms with Gasteiger partial charge in [-0.05, 0) is 31.5 Å². The Labute approximate surface area is 92.6 Å². The van der Waals surface area contributed by atoms with Gasteiger partial charge in [-0.15, -0.1) is 0 Å². The molecule has 0 aliphatic carbocycles. The molecule has 2 N–H and O–H groups in total. The Kier molecular flexibility index (Phi) is 8.98. The first-order chi connectivity index (χ1) is 6.66. The van der Waals surface area contributed by atoms with Gasteiger partial charge < -0.3 is 15.4 Å². The summed E-state index contributed by atoms with van der Waals surface area (Å²) in [5.41, 5.74) is 0. The van der Waals surface area contributed by atoms with Crippen LogP contribution in [0.1, 0.15) is 27.2 Å². The first-order valence-corrected chi connectivity index (χ1v) is 5.67. The van der Waals surface area contributed by atoms with Crippen molar-refractivity contribution < 1.29 is 4.74 Å². The number of hydrogen-bond acceptors (Lipinski definition) is 2. The predicted octanol–water partition coefficient (Wildman–Crippen LogP) is 1.53. The van der Waals surface area contributed by atoms with Crippen molar-refractivity contribution in [3.63, 3.8) is 0 Å². The van der Waals surface area contributed by atoms with Gasteiger partial charge in [-0.3, -0.25) is 0 Å². The van der Waals surface area contributed by atoms with Gasteiger partial charge in [0.1, 0.15) is 0 Å². The Balaban J connectivity index is 3.18. The Morgan fingerprint density at radius 3 is 2.64 bits per heavy atom. The lowest BCUT2D eigenvalue weighted by atomic mass is 10.2. The molecule has 0 heterocycles. The van der Waals surface area contributed by atoms with E-state index in [1.54, 1.807) is 0 Å². The van der Waals surface area contributed by atoms with E-state index >= 15 is 0 Å². The Morgan fingerprint density at radius 1 is 1.36 bits per heavy atom. The molecule has 84 valence electrons. The van der Waals surface area contributed by atoms with Gasteiger partial charge in [0.2, 0.25) is 0 Å². The highest BCUT2D eigenvalue weighted by atomic mass is 32.1. The number of thiocarbonyl (C=S) groups is 1. The quantitative estimate of drug-likeness (QED) is 0.501. The molecule has 0 rings (SSSR count). The normalized spacial score (nSPS) is 10.3. The summed E-state index contributed by atoms with van der Waals surface area (Å²) >= 11 is 5.09.